The van der Waals surface area contributed by atoms with Crippen LogP contribution in [0.5, 0.6) is 0 Å². The molecule has 0 saturated carbocycles. The van der Waals surface area contributed by atoms with Gasteiger partial charge in [-0.1, -0.05) is 97.1 Å². The summed E-state index contributed by atoms with van der Waals surface area (Å²) in [6.45, 7) is 8.37. The summed E-state index contributed by atoms with van der Waals surface area (Å²) in [6, 6.07) is 37.0. The van der Waals surface area contributed by atoms with E-state index in [0.29, 0.717) is 0 Å². The minimum absolute atomic E-state index is 0.350. The Kier molecular flexibility index (Phi) is 5.10. The molecule has 0 spiro atoms. The van der Waals surface area contributed by atoms with Gasteiger partial charge in [-0.05, 0) is 83.0 Å². The minimum atomic E-state index is -0.357. The van der Waals surface area contributed by atoms with Gasteiger partial charge in [0.1, 0.15) is 0 Å². The smallest absolute Gasteiger partial charge is 0.399 e. The molecule has 1 aliphatic heterocycles. The first kappa shape index (κ1) is 22.1. The van der Waals surface area contributed by atoms with Gasteiger partial charge in [0.2, 0.25) is 0 Å². The van der Waals surface area contributed by atoms with Gasteiger partial charge < -0.3 is 9.31 Å². The second kappa shape index (κ2) is 8.08. The largest absolute Gasteiger partial charge is 0.494 e. The van der Waals surface area contributed by atoms with E-state index < -0.39 is 0 Å². The van der Waals surface area contributed by atoms with Crippen LogP contribution in [0.4, 0.5) is 0 Å². The van der Waals surface area contributed by atoms with E-state index in [1.54, 1.807) is 0 Å². The molecule has 1 aliphatic rings. The summed E-state index contributed by atoms with van der Waals surface area (Å²) >= 11 is 0. The van der Waals surface area contributed by atoms with Crippen molar-refractivity contribution in [2.75, 3.05) is 0 Å². The molecule has 0 radical (unpaired) electrons. The van der Waals surface area contributed by atoms with Gasteiger partial charge in [-0.25, -0.2) is 0 Å². The van der Waals surface area contributed by atoms with Gasteiger partial charge in [0, 0.05) is 0 Å². The highest BCUT2D eigenvalue weighted by Crippen LogP contribution is 2.38. The molecule has 0 N–H and O–H groups in total. The molecule has 1 saturated heterocycles. The van der Waals surface area contributed by atoms with Crippen LogP contribution >= 0.6 is 0 Å². The summed E-state index contributed by atoms with van der Waals surface area (Å²) < 4.78 is 12.6. The van der Waals surface area contributed by atoms with Crippen molar-refractivity contribution in [2.45, 2.75) is 38.9 Å². The molecule has 3 heteroatoms. The van der Waals surface area contributed by atoms with Crippen molar-refractivity contribution in [3.05, 3.63) is 103 Å². The van der Waals surface area contributed by atoms with Crippen LogP contribution in [-0.4, -0.2) is 18.3 Å². The van der Waals surface area contributed by atoms with Gasteiger partial charge in [0.25, 0.3) is 0 Å². The van der Waals surface area contributed by atoms with Crippen LogP contribution in [0.15, 0.2) is 103 Å². The summed E-state index contributed by atoms with van der Waals surface area (Å²) in [5.74, 6) is 0. The van der Waals surface area contributed by atoms with Crippen molar-refractivity contribution in [3.63, 3.8) is 0 Å². The number of hydrogen-bond acceptors (Lipinski definition) is 2. The Balaban J connectivity index is 1.45. The first-order valence-electron chi connectivity index (χ1n) is 12.3. The predicted molar refractivity (Wildman–Crippen MR) is 148 cm³/mol. The Morgan fingerprint density at radius 2 is 1.11 bits per heavy atom. The molecule has 1 heterocycles. The Hall–Kier alpha value is -3.40. The van der Waals surface area contributed by atoms with Crippen molar-refractivity contribution >= 4 is 34.1 Å². The quantitative estimate of drug-likeness (QED) is 0.205. The first-order valence-corrected chi connectivity index (χ1v) is 12.3. The average Bonchev–Trinajstić information content (AvgIpc) is 3.10. The van der Waals surface area contributed by atoms with E-state index in [0.717, 1.165) is 5.46 Å². The Labute approximate surface area is 207 Å². The molecule has 172 valence electrons. The predicted octanol–water partition coefficient (Wildman–Crippen LogP) is 7.63. The molecular formula is C32H29BO2. The molecule has 5 aromatic rings. The molecule has 35 heavy (non-hydrogen) atoms. The van der Waals surface area contributed by atoms with Crippen LogP contribution in [0.1, 0.15) is 27.7 Å². The van der Waals surface area contributed by atoms with Gasteiger partial charge in [-0.15, -0.1) is 0 Å². The molecule has 0 atom stereocenters. The molecule has 0 bridgehead atoms. The van der Waals surface area contributed by atoms with Crippen LogP contribution in [0.3, 0.4) is 0 Å². The third-order valence-corrected chi connectivity index (χ3v) is 7.71. The maximum Gasteiger partial charge on any atom is 0.494 e. The van der Waals surface area contributed by atoms with Crippen molar-refractivity contribution in [2.24, 2.45) is 0 Å². The Morgan fingerprint density at radius 3 is 1.83 bits per heavy atom. The zero-order chi connectivity index (χ0) is 24.2. The summed E-state index contributed by atoms with van der Waals surface area (Å²) in [7, 11) is -0.357. The monoisotopic (exact) mass is 456 g/mol. The number of rotatable bonds is 3. The van der Waals surface area contributed by atoms with E-state index in [9.17, 15) is 0 Å². The zero-order valence-electron chi connectivity index (χ0n) is 20.7. The van der Waals surface area contributed by atoms with Gasteiger partial charge in [-0.3, -0.25) is 0 Å². The van der Waals surface area contributed by atoms with E-state index in [1.165, 1.54) is 43.8 Å². The van der Waals surface area contributed by atoms with Crippen molar-refractivity contribution in [3.8, 4) is 22.3 Å². The van der Waals surface area contributed by atoms with E-state index in [1.807, 2.05) is 0 Å². The maximum atomic E-state index is 6.30. The highest BCUT2D eigenvalue weighted by molar-refractivity contribution is 6.62. The molecule has 0 unspecified atom stereocenters. The molecular weight excluding hydrogens is 427 g/mol. The first-order chi connectivity index (χ1) is 16.8. The lowest BCUT2D eigenvalue weighted by molar-refractivity contribution is 0.00578. The number of fused-ring (bicyclic) bond motifs is 3. The SMILES string of the molecule is CC1(C)OB(c2ccc3c(ccc4ccc(-c5ccccc5-c5ccccc5)cc43)c2)OC1(C)C. The topological polar surface area (TPSA) is 18.5 Å². The second-order valence-corrected chi connectivity index (χ2v) is 10.5. The normalized spacial score (nSPS) is 16.7. The minimum Gasteiger partial charge on any atom is -0.399 e. The Morgan fingerprint density at radius 1 is 0.514 bits per heavy atom. The Bertz CT molecular complexity index is 1540. The lowest BCUT2D eigenvalue weighted by Gasteiger charge is -2.32. The third-order valence-electron chi connectivity index (χ3n) is 7.71. The molecule has 2 nitrogen and oxygen atoms in total. The highest BCUT2D eigenvalue weighted by Gasteiger charge is 2.51. The van der Waals surface area contributed by atoms with E-state index in [2.05, 4.69) is 131 Å². The van der Waals surface area contributed by atoms with Crippen LogP contribution in [-0.2, 0) is 9.31 Å². The van der Waals surface area contributed by atoms with Crippen LogP contribution in [0.25, 0.3) is 43.8 Å². The molecule has 6 rings (SSSR count). The lowest BCUT2D eigenvalue weighted by Crippen LogP contribution is -2.41. The van der Waals surface area contributed by atoms with E-state index >= 15 is 0 Å². The van der Waals surface area contributed by atoms with Crippen LogP contribution in [0, 0.1) is 0 Å². The summed E-state index contributed by atoms with van der Waals surface area (Å²) in [5.41, 5.74) is 5.30. The van der Waals surface area contributed by atoms with E-state index in [4.69, 9.17) is 9.31 Å². The number of hydrogen-bond donors (Lipinski definition) is 0. The number of benzene rings is 5. The standard InChI is InChI=1S/C32H29BO2/c1-31(2)32(3,4)35-33(34-31)26-18-19-29-24(20-26)16-14-23-15-17-25(21-30(23)29)28-13-9-8-12-27(28)22-10-6-5-7-11-22/h5-21H,1-4H3. The fourth-order valence-electron chi connectivity index (χ4n) is 4.98. The molecule has 1 fully saturated rings. The zero-order valence-corrected chi connectivity index (χ0v) is 20.7. The van der Waals surface area contributed by atoms with Crippen molar-refractivity contribution in [1.82, 2.24) is 0 Å². The third kappa shape index (κ3) is 3.76. The molecule has 0 amide bonds. The van der Waals surface area contributed by atoms with Crippen molar-refractivity contribution < 1.29 is 9.31 Å². The van der Waals surface area contributed by atoms with Crippen LogP contribution < -0.4 is 5.46 Å². The van der Waals surface area contributed by atoms with Gasteiger partial charge in [0.05, 0.1) is 11.2 Å². The van der Waals surface area contributed by atoms with Gasteiger partial charge >= 0.3 is 7.12 Å². The molecule has 5 aromatic carbocycles. The summed E-state index contributed by atoms with van der Waals surface area (Å²) in [5, 5.41) is 4.92. The fraction of sp³-hybridized carbons (Fsp3) is 0.188. The average molecular weight is 456 g/mol. The van der Waals surface area contributed by atoms with E-state index in [-0.39, 0.29) is 18.3 Å². The highest BCUT2D eigenvalue weighted by atomic mass is 16.7. The molecule has 0 aromatic heterocycles. The summed E-state index contributed by atoms with van der Waals surface area (Å²) in [4.78, 5) is 0. The van der Waals surface area contributed by atoms with Crippen LogP contribution in [0.2, 0.25) is 0 Å². The summed E-state index contributed by atoms with van der Waals surface area (Å²) in [6.07, 6.45) is 0. The molecule has 0 aliphatic carbocycles. The maximum absolute atomic E-state index is 6.30. The second-order valence-electron chi connectivity index (χ2n) is 10.5. The van der Waals surface area contributed by atoms with Crippen molar-refractivity contribution in [1.29, 1.82) is 0 Å². The fourth-order valence-corrected chi connectivity index (χ4v) is 4.98. The lowest BCUT2D eigenvalue weighted by atomic mass is 9.78. The van der Waals surface area contributed by atoms with Gasteiger partial charge in [0.15, 0.2) is 0 Å². The van der Waals surface area contributed by atoms with Gasteiger partial charge in [-0.2, -0.15) is 0 Å².